The molecule has 0 bridgehead atoms. The molecular formula is C19H17N3S. The maximum atomic E-state index is 9.02. The zero-order valence-electron chi connectivity index (χ0n) is 12.9. The Morgan fingerprint density at radius 1 is 1.13 bits per heavy atom. The SMILES string of the molecule is Cc1ccsc1C(Cc1ccccc1)Nc1cccc(C#N)n1. The number of rotatable bonds is 5. The molecule has 0 radical (unpaired) electrons. The van der Waals surface area contributed by atoms with Crippen molar-refractivity contribution in [2.24, 2.45) is 0 Å². The van der Waals surface area contributed by atoms with Gasteiger partial charge in [0.2, 0.25) is 0 Å². The van der Waals surface area contributed by atoms with Gasteiger partial charge in [0.25, 0.3) is 0 Å². The summed E-state index contributed by atoms with van der Waals surface area (Å²) in [4.78, 5) is 5.65. The lowest BCUT2D eigenvalue weighted by molar-refractivity contribution is 0.780. The fraction of sp³-hybridized carbons (Fsp3) is 0.158. The Kier molecular flexibility index (Phi) is 4.70. The summed E-state index contributed by atoms with van der Waals surface area (Å²) in [7, 11) is 0. The van der Waals surface area contributed by atoms with Crippen molar-refractivity contribution in [1.29, 1.82) is 5.26 Å². The zero-order valence-corrected chi connectivity index (χ0v) is 13.7. The van der Waals surface area contributed by atoms with Crippen LogP contribution in [0.4, 0.5) is 5.82 Å². The van der Waals surface area contributed by atoms with Crippen LogP contribution in [-0.2, 0) is 6.42 Å². The van der Waals surface area contributed by atoms with Gasteiger partial charge in [0, 0.05) is 4.88 Å². The van der Waals surface area contributed by atoms with Gasteiger partial charge >= 0.3 is 0 Å². The van der Waals surface area contributed by atoms with Crippen molar-refractivity contribution in [2.45, 2.75) is 19.4 Å². The first kappa shape index (κ1) is 15.3. The van der Waals surface area contributed by atoms with Gasteiger partial charge in [-0.3, -0.25) is 0 Å². The number of thiophene rings is 1. The van der Waals surface area contributed by atoms with E-state index in [1.807, 2.05) is 18.2 Å². The van der Waals surface area contributed by atoms with Gasteiger partial charge in [0.05, 0.1) is 6.04 Å². The number of hydrogen-bond donors (Lipinski definition) is 1. The number of benzene rings is 1. The monoisotopic (exact) mass is 319 g/mol. The molecule has 1 atom stereocenters. The van der Waals surface area contributed by atoms with Gasteiger partial charge in [-0.2, -0.15) is 5.26 Å². The van der Waals surface area contributed by atoms with E-state index < -0.39 is 0 Å². The summed E-state index contributed by atoms with van der Waals surface area (Å²) >= 11 is 1.75. The molecule has 114 valence electrons. The van der Waals surface area contributed by atoms with E-state index in [0.717, 1.165) is 12.2 Å². The highest BCUT2D eigenvalue weighted by Gasteiger charge is 2.16. The molecule has 0 amide bonds. The Balaban J connectivity index is 1.89. The van der Waals surface area contributed by atoms with Gasteiger partial charge < -0.3 is 5.32 Å². The average Bonchev–Trinajstić information content (AvgIpc) is 3.01. The molecule has 0 saturated heterocycles. The predicted octanol–water partition coefficient (Wildman–Crippen LogP) is 4.72. The Morgan fingerprint density at radius 2 is 1.96 bits per heavy atom. The molecule has 0 saturated carbocycles. The molecular weight excluding hydrogens is 302 g/mol. The molecule has 0 aliphatic carbocycles. The summed E-state index contributed by atoms with van der Waals surface area (Å²) in [6.45, 7) is 2.13. The summed E-state index contributed by atoms with van der Waals surface area (Å²) in [6, 6.07) is 20.3. The molecule has 0 aliphatic heterocycles. The normalized spacial score (nSPS) is 11.7. The largest absolute Gasteiger partial charge is 0.362 e. The fourth-order valence-corrected chi connectivity index (χ4v) is 3.54. The quantitative estimate of drug-likeness (QED) is 0.740. The van der Waals surface area contributed by atoms with Crippen LogP contribution >= 0.6 is 11.3 Å². The number of nitrogens with one attached hydrogen (secondary N) is 1. The fourth-order valence-electron chi connectivity index (χ4n) is 2.56. The second kappa shape index (κ2) is 7.08. The van der Waals surface area contributed by atoms with Crippen molar-refractivity contribution in [3.05, 3.63) is 81.7 Å². The van der Waals surface area contributed by atoms with E-state index in [0.29, 0.717) is 5.69 Å². The Labute approximate surface area is 140 Å². The highest BCUT2D eigenvalue weighted by Crippen LogP contribution is 2.29. The van der Waals surface area contributed by atoms with Crippen molar-refractivity contribution in [3.63, 3.8) is 0 Å². The first-order valence-corrected chi connectivity index (χ1v) is 8.36. The van der Waals surface area contributed by atoms with Crippen molar-refractivity contribution in [1.82, 2.24) is 4.98 Å². The van der Waals surface area contributed by atoms with Gasteiger partial charge in [-0.05, 0) is 48.1 Å². The van der Waals surface area contributed by atoms with E-state index >= 15 is 0 Å². The number of nitriles is 1. The smallest absolute Gasteiger partial charge is 0.142 e. The Bertz CT molecular complexity index is 818. The summed E-state index contributed by atoms with van der Waals surface area (Å²) in [5.41, 5.74) is 2.98. The standard InChI is InChI=1S/C19H17N3S/c1-14-10-11-23-19(14)17(12-15-6-3-2-4-7-15)22-18-9-5-8-16(13-20)21-18/h2-11,17H,12H2,1H3,(H,21,22). The van der Waals surface area contributed by atoms with Crippen LogP contribution < -0.4 is 5.32 Å². The maximum Gasteiger partial charge on any atom is 0.142 e. The molecule has 3 rings (SSSR count). The summed E-state index contributed by atoms with van der Waals surface area (Å²) in [6.07, 6.45) is 0.876. The van der Waals surface area contributed by atoms with E-state index in [1.54, 1.807) is 17.4 Å². The minimum atomic E-state index is 0.138. The third kappa shape index (κ3) is 3.77. The summed E-state index contributed by atoms with van der Waals surface area (Å²) in [5.74, 6) is 0.734. The number of aryl methyl sites for hydroxylation is 1. The number of hydrogen-bond acceptors (Lipinski definition) is 4. The lowest BCUT2D eigenvalue weighted by Gasteiger charge is -2.19. The van der Waals surface area contributed by atoms with Crippen LogP contribution in [0.25, 0.3) is 0 Å². The first-order chi connectivity index (χ1) is 11.3. The Morgan fingerprint density at radius 3 is 2.65 bits per heavy atom. The van der Waals surface area contributed by atoms with Gasteiger partial charge in [-0.25, -0.2) is 4.98 Å². The van der Waals surface area contributed by atoms with E-state index in [-0.39, 0.29) is 6.04 Å². The van der Waals surface area contributed by atoms with Crippen LogP contribution in [0.15, 0.2) is 60.0 Å². The van der Waals surface area contributed by atoms with Gasteiger partial charge in [0.15, 0.2) is 0 Å². The molecule has 0 aliphatic rings. The summed E-state index contributed by atoms with van der Waals surface area (Å²) in [5, 5.41) is 14.6. The third-order valence-corrected chi connectivity index (χ3v) is 4.82. The average molecular weight is 319 g/mol. The van der Waals surface area contributed by atoms with Crippen molar-refractivity contribution in [3.8, 4) is 6.07 Å². The van der Waals surface area contributed by atoms with Crippen LogP contribution in [0.2, 0.25) is 0 Å². The molecule has 1 unspecified atom stereocenters. The lowest BCUT2D eigenvalue weighted by atomic mass is 10.0. The van der Waals surface area contributed by atoms with Gasteiger partial charge in [-0.1, -0.05) is 36.4 Å². The molecule has 2 aromatic heterocycles. The Hall–Kier alpha value is -2.64. The number of pyridine rings is 1. The molecule has 3 nitrogen and oxygen atoms in total. The zero-order chi connectivity index (χ0) is 16.1. The van der Waals surface area contributed by atoms with Crippen LogP contribution in [0.5, 0.6) is 0 Å². The minimum absolute atomic E-state index is 0.138. The van der Waals surface area contributed by atoms with E-state index in [4.69, 9.17) is 5.26 Å². The van der Waals surface area contributed by atoms with E-state index in [2.05, 4.69) is 59.0 Å². The second-order valence-corrected chi connectivity index (χ2v) is 6.32. The number of anilines is 1. The topological polar surface area (TPSA) is 48.7 Å². The maximum absolute atomic E-state index is 9.02. The lowest BCUT2D eigenvalue weighted by Crippen LogP contribution is -2.14. The van der Waals surface area contributed by atoms with Crippen LogP contribution in [-0.4, -0.2) is 4.98 Å². The van der Waals surface area contributed by atoms with Gasteiger partial charge in [0.1, 0.15) is 17.6 Å². The van der Waals surface area contributed by atoms with Gasteiger partial charge in [-0.15, -0.1) is 11.3 Å². The molecule has 3 aromatic rings. The molecule has 0 fully saturated rings. The van der Waals surface area contributed by atoms with Crippen LogP contribution in [0.1, 0.15) is 27.7 Å². The minimum Gasteiger partial charge on any atom is -0.362 e. The number of aromatic nitrogens is 1. The molecule has 4 heteroatoms. The third-order valence-electron chi connectivity index (χ3n) is 3.69. The van der Waals surface area contributed by atoms with Crippen molar-refractivity contribution < 1.29 is 0 Å². The molecule has 1 aromatic carbocycles. The number of nitrogens with zero attached hydrogens (tertiary/aromatic N) is 2. The van der Waals surface area contributed by atoms with Crippen LogP contribution in [0, 0.1) is 18.3 Å². The summed E-state index contributed by atoms with van der Waals surface area (Å²) < 4.78 is 0. The van der Waals surface area contributed by atoms with Crippen molar-refractivity contribution in [2.75, 3.05) is 5.32 Å². The molecule has 1 N–H and O–H groups in total. The highest BCUT2D eigenvalue weighted by molar-refractivity contribution is 7.10. The van der Waals surface area contributed by atoms with E-state index in [1.165, 1.54) is 16.0 Å². The highest BCUT2D eigenvalue weighted by atomic mass is 32.1. The first-order valence-electron chi connectivity index (χ1n) is 7.48. The molecule has 23 heavy (non-hydrogen) atoms. The molecule has 0 spiro atoms. The predicted molar refractivity (Wildman–Crippen MR) is 94.5 cm³/mol. The van der Waals surface area contributed by atoms with Crippen LogP contribution in [0.3, 0.4) is 0 Å². The second-order valence-electron chi connectivity index (χ2n) is 5.37. The molecule has 2 heterocycles. The van der Waals surface area contributed by atoms with E-state index in [9.17, 15) is 0 Å². The van der Waals surface area contributed by atoms with Crippen molar-refractivity contribution >= 4 is 17.2 Å².